The van der Waals surface area contributed by atoms with Gasteiger partial charge in [-0.05, 0) is 36.4 Å². The Bertz CT molecular complexity index is 1750. The fraction of sp³-hybridized carbons (Fsp3) is 0.316. The fourth-order valence-corrected chi connectivity index (χ4v) is 8.28. The molecule has 2 N–H and O–H groups in total. The van der Waals surface area contributed by atoms with Crippen molar-refractivity contribution in [1.82, 2.24) is 20.0 Å². The van der Waals surface area contributed by atoms with Gasteiger partial charge in [0.2, 0.25) is 0 Å². The Hall–Kier alpha value is -3.64. The molecule has 48 heavy (non-hydrogen) atoms. The smallest absolute Gasteiger partial charge is 0.137 e. The molecule has 8 nitrogen and oxygen atoms in total. The van der Waals surface area contributed by atoms with Gasteiger partial charge in [-0.1, -0.05) is 84.2 Å². The first-order valence-corrected chi connectivity index (χ1v) is 18.4. The van der Waals surface area contributed by atoms with Crippen molar-refractivity contribution in [3.63, 3.8) is 0 Å². The molecule has 4 heterocycles. The number of aliphatic hydroxyl groups is 1. The molecule has 248 valence electrons. The summed E-state index contributed by atoms with van der Waals surface area (Å²) < 4.78 is 5.40. The van der Waals surface area contributed by atoms with Crippen LogP contribution in [0.15, 0.2) is 127 Å². The summed E-state index contributed by atoms with van der Waals surface area (Å²) in [7, 11) is 0. The van der Waals surface area contributed by atoms with Gasteiger partial charge in [0, 0.05) is 89.6 Å². The van der Waals surface area contributed by atoms with Crippen molar-refractivity contribution in [2.75, 3.05) is 78.7 Å². The Kier molecular flexibility index (Phi) is 11.1. The van der Waals surface area contributed by atoms with Crippen LogP contribution < -0.4 is 5.32 Å². The molecular weight excluding hydrogens is 637 g/mol. The number of amidine groups is 2. The largest absolute Gasteiger partial charge is 0.394 e. The summed E-state index contributed by atoms with van der Waals surface area (Å²) in [5.41, 5.74) is 4.60. The summed E-state index contributed by atoms with van der Waals surface area (Å²) >= 11 is 3.61. The zero-order valence-corrected chi connectivity index (χ0v) is 28.8. The highest BCUT2D eigenvalue weighted by atomic mass is 32.2. The minimum Gasteiger partial charge on any atom is -0.394 e. The molecule has 0 bridgehead atoms. The van der Waals surface area contributed by atoms with E-state index >= 15 is 0 Å². The van der Waals surface area contributed by atoms with Crippen LogP contribution in [0, 0.1) is 0 Å². The Labute approximate surface area is 291 Å². The van der Waals surface area contributed by atoms with E-state index in [1.807, 2.05) is 11.8 Å². The van der Waals surface area contributed by atoms with Gasteiger partial charge in [0.25, 0.3) is 0 Å². The molecule has 0 unspecified atom stereocenters. The van der Waals surface area contributed by atoms with E-state index in [9.17, 15) is 0 Å². The molecule has 0 atom stereocenters. The van der Waals surface area contributed by atoms with E-state index in [-0.39, 0.29) is 6.61 Å². The van der Waals surface area contributed by atoms with Crippen molar-refractivity contribution in [1.29, 1.82) is 0 Å². The van der Waals surface area contributed by atoms with Crippen LogP contribution in [0.4, 0.5) is 11.4 Å². The fourth-order valence-electron chi connectivity index (χ4n) is 6.24. The van der Waals surface area contributed by atoms with Crippen LogP contribution in [0.2, 0.25) is 0 Å². The normalized spacial score (nSPS) is 17.3. The summed E-state index contributed by atoms with van der Waals surface area (Å²) in [4.78, 5) is 22.3. The number of benzene rings is 4. The maximum absolute atomic E-state index is 8.79. The summed E-state index contributed by atoms with van der Waals surface area (Å²) in [6.45, 7) is 10.1. The standard InChI is InChI=1S/C21H25N3O2S.C17H17N3S/c25-14-16-26-15-13-23-9-11-24(12-10-23)21-17-5-1-3-7-19(17)27-20-8-4-2-6-18(20)22-21;1-3-7-15-13(5-1)17(20-11-9-18-10-12-20)19-14-6-2-4-8-16(14)21-15/h1-8,25H,9-16H2;1-8,18H,9-12H2. The van der Waals surface area contributed by atoms with Gasteiger partial charge in [0.15, 0.2) is 0 Å². The summed E-state index contributed by atoms with van der Waals surface area (Å²) in [6, 6.07) is 33.9. The molecule has 8 rings (SSSR count). The molecule has 0 saturated carbocycles. The Morgan fingerprint density at radius 3 is 1.60 bits per heavy atom. The number of rotatable bonds is 5. The number of ether oxygens (including phenoxy) is 1. The number of fused-ring (bicyclic) bond motifs is 4. The highest BCUT2D eigenvalue weighted by Crippen LogP contribution is 2.41. The first kappa shape index (κ1) is 32.9. The zero-order chi connectivity index (χ0) is 32.5. The first-order valence-electron chi connectivity index (χ1n) is 16.8. The van der Waals surface area contributed by atoms with E-state index in [1.54, 1.807) is 11.8 Å². The van der Waals surface area contributed by atoms with Crippen LogP contribution >= 0.6 is 23.5 Å². The lowest BCUT2D eigenvalue weighted by Crippen LogP contribution is -2.49. The molecule has 0 aromatic heterocycles. The predicted molar refractivity (Wildman–Crippen MR) is 197 cm³/mol. The molecule has 10 heteroatoms. The van der Waals surface area contributed by atoms with Crippen LogP contribution in [0.5, 0.6) is 0 Å². The number of hydrogen-bond acceptors (Lipinski definition) is 10. The third-order valence-corrected chi connectivity index (χ3v) is 11.0. The maximum atomic E-state index is 8.79. The lowest BCUT2D eigenvalue weighted by molar-refractivity contribution is 0.0652. The van der Waals surface area contributed by atoms with Crippen molar-refractivity contribution in [3.8, 4) is 0 Å². The summed E-state index contributed by atoms with van der Waals surface area (Å²) in [5, 5.41) is 12.2. The summed E-state index contributed by atoms with van der Waals surface area (Å²) in [6.07, 6.45) is 0. The quantitative estimate of drug-likeness (QED) is 0.250. The van der Waals surface area contributed by atoms with Crippen LogP contribution in [0.1, 0.15) is 11.1 Å². The van der Waals surface area contributed by atoms with Gasteiger partial charge in [-0.3, -0.25) is 4.90 Å². The molecule has 2 fully saturated rings. The number of nitrogens with one attached hydrogen (secondary N) is 1. The summed E-state index contributed by atoms with van der Waals surface area (Å²) in [5.74, 6) is 2.20. The SMILES string of the molecule is OCCOCCN1CCN(C2=Nc3ccccc3Sc3ccccc32)CC1.c1ccc2c(c1)N=C(N1CCNCC1)c1ccccc1S2. The molecule has 4 aliphatic heterocycles. The van der Waals surface area contributed by atoms with Crippen LogP contribution in [-0.4, -0.2) is 110 Å². The van der Waals surface area contributed by atoms with E-state index in [4.69, 9.17) is 19.8 Å². The second kappa shape index (κ2) is 16.2. The lowest BCUT2D eigenvalue weighted by atomic mass is 10.1. The molecule has 2 saturated heterocycles. The molecular formula is C38H42N6O2S2. The number of aliphatic hydroxyl groups excluding tert-OH is 1. The van der Waals surface area contributed by atoms with Crippen LogP contribution in [0.3, 0.4) is 0 Å². The lowest BCUT2D eigenvalue weighted by Gasteiger charge is -2.36. The van der Waals surface area contributed by atoms with Crippen molar-refractivity contribution < 1.29 is 9.84 Å². The average Bonchev–Trinajstić information content (AvgIpc) is 3.42. The van der Waals surface area contributed by atoms with Gasteiger partial charge in [-0.25, -0.2) is 9.98 Å². The van der Waals surface area contributed by atoms with Crippen molar-refractivity contribution >= 4 is 46.6 Å². The van der Waals surface area contributed by atoms with Gasteiger partial charge >= 0.3 is 0 Å². The number of nitrogens with zero attached hydrogens (tertiary/aromatic N) is 5. The van der Waals surface area contributed by atoms with Gasteiger partial charge in [0.05, 0.1) is 31.2 Å². The maximum Gasteiger partial charge on any atom is 0.137 e. The number of piperazine rings is 2. The van der Waals surface area contributed by atoms with Gasteiger partial charge in [-0.15, -0.1) is 0 Å². The predicted octanol–water partition coefficient (Wildman–Crippen LogP) is 5.99. The van der Waals surface area contributed by atoms with Crippen molar-refractivity contribution in [2.45, 2.75) is 19.6 Å². The molecule has 4 aliphatic rings. The van der Waals surface area contributed by atoms with E-state index in [2.05, 4.69) is 117 Å². The van der Waals surface area contributed by atoms with Crippen molar-refractivity contribution in [2.24, 2.45) is 9.98 Å². The van der Waals surface area contributed by atoms with E-state index < -0.39 is 0 Å². The second-order valence-corrected chi connectivity index (χ2v) is 14.1. The zero-order valence-electron chi connectivity index (χ0n) is 27.1. The van der Waals surface area contributed by atoms with Crippen molar-refractivity contribution in [3.05, 3.63) is 108 Å². The molecule has 0 amide bonds. The van der Waals surface area contributed by atoms with E-state index in [1.165, 1.54) is 30.7 Å². The Morgan fingerprint density at radius 2 is 1.06 bits per heavy atom. The number of para-hydroxylation sites is 2. The molecule has 4 aromatic carbocycles. The third kappa shape index (κ3) is 7.80. The topological polar surface area (TPSA) is 75.9 Å². The highest BCUT2D eigenvalue weighted by Gasteiger charge is 2.25. The minimum absolute atomic E-state index is 0.0898. The van der Waals surface area contributed by atoms with E-state index in [0.717, 1.165) is 81.9 Å². The molecule has 0 radical (unpaired) electrons. The van der Waals surface area contributed by atoms with Crippen LogP contribution in [-0.2, 0) is 4.74 Å². The number of aliphatic imine (C=N–C) groups is 2. The minimum atomic E-state index is 0.0898. The van der Waals surface area contributed by atoms with Gasteiger partial charge < -0.3 is 25.0 Å². The third-order valence-electron chi connectivity index (χ3n) is 8.75. The Balaban J connectivity index is 0.000000156. The highest BCUT2D eigenvalue weighted by molar-refractivity contribution is 7.99. The van der Waals surface area contributed by atoms with Gasteiger partial charge in [-0.2, -0.15) is 0 Å². The monoisotopic (exact) mass is 678 g/mol. The average molecular weight is 679 g/mol. The first-order chi connectivity index (χ1) is 23.8. The van der Waals surface area contributed by atoms with Gasteiger partial charge in [0.1, 0.15) is 11.7 Å². The molecule has 0 spiro atoms. The second-order valence-electron chi connectivity index (χ2n) is 11.9. The number of hydrogen-bond donors (Lipinski definition) is 2. The molecule has 0 aliphatic carbocycles. The molecule has 4 aromatic rings. The van der Waals surface area contributed by atoms with Crippen LogP contribution in [0.25, 0.3) is 0 Å². The van der Waals surface area contributed by atoms with E-state index in [0.29, 0.717) is 13.2 Å². The Morgan fingerprint density at radius 1 is 0.583 bits per heavy atom.